The summed E-state index contributed by atoms with van der Waals surface area (Å²) in [6, 6.07) is 6.15. The summed E-state index contributed by atoms with van der Waals surface area (Å²) in [5.41, 5.74) is 2.23. The Hall–Kier alpha value is -2.78. The average molecular weight is 411 g/mol. The highest BCUT2D eigenvalue weighted by atomic mass is 32.1. The quantitative estimate of drug-likeness (QED) is 0.712. The lowest BCUT2D eigenvalue weighted by Gasteiger charge is -2.43. The fraction of sp³-hybridized carbons (Fsp3) is 0.400. The molecule has 8 nitrogen and oxygen atoms in total. The second-order valence-corrected chi connectivity index (χ2v) is 8.41. The number of ether oxygens (including phenoxy) is 2. The van der Waals surface area contributed by atoms with Crippen molar-refractivity contribution in [3.05, 3.63) is 46.7 Å². The Balaban J connectivity index is 1.38. The number of pyridine rings is 1. The van der Waals surface area contributed by atoms with Gasteiger partial charge in [-0.3, -0.25) is 9.78 Å². The number of aromatic amines is 1. The Morgan fingerprint density at radius 2 is 2.17 bits per heavy atom. The number of thiophene rings is 1. The van der Waals surface area contributed by atoms with E-state index in [2.05, 4.69) is 26.5 Å². The van der Waals surface area contributed by atoms with E-state index in [0.717, 1.165) is 35.6 Å². The molecule has 1 N–H and O–H groups in total. The molecule has 0 bridgehead atoms. The zero-order valence-electron chi connectivity index (χ0n) is 16.1. The summed E-state index contributed by atoms with van der Waals surface area (Å²) >= 11 is 1.79. The zero-order chi connectivity index (χ0) is 19.8. The Bertz CT molecular complexity index is 1010. The number of carbonyl (C=O) groups excluding carboxylic acids is 1. The molecule has 0 saturated carbocycles. The molecule has 0 aliphatic carbocycles. The van der Waals surface area contributed by atoms with Crippen LogP contribution in [0.5, 0.6) is 5.75 Å². The second kappa shape index (κ2) is 7.23. The first kappa shape index (κ1) is 18.3. The molecule has 2 aliphatic rings. The van der Waals surface area contributed by atoms with Gasteiger partial charge in [0.15, 0.2) is 5.69 Å². The van der Waals surface area contributed by atoms with Crippen molar-refractivity contribution in [1.29, 1.82) is 0 Å². The van der Waals surface area contributed by atoms with Crippen molar-refractivity contribution >= 4 is 17.2 Å². The Morgan fingerprint density at radius 1 is 1.31 bits per heavy atom. The van der Waals surface area contributed by atoms with Crippen molar-refractivity contribution < 1.29 is 14.3 Å². The van der Waals surface area contributed by atoms with Gasteiger partial charge in [0.25, 0.3) is 5.91 Å². The number of nitrogens with one attached hydrogen (secondary N) is 1. The van der Waals surface area contributed by atoms with E-state index in [-0.39, 0.29) is 11.5 Å². The summed E-state index contributed by atoms with van der Waals surface area (Å²) in [5.74, 6) is 0.664. The first-order valence-electron chi connectivity index (χ1n) is 9.61. The third-order valence-electron chi connectivity index (χ3n) is 5.72. The number of H-pyrrole nitrogens is 1. The van der Waals surface area contributed by atoms with Gasteiger partial charge in [-0.25, -0.2) is 0 Å². The largest absolute Gasteiger partial charge is 0.495 e. The van der Waals surface area contributed by atoms with Gasteiger partial charge in [-0.2, -0.15) is 15.4 Å². The van der Waals surface area contributed by atoms with Gasteiger partial charge < -0.3 is 14.4 Å². The number of amides is 1. The fourth-order valence-electron chi connectivity index (χ4n) is 4.14. The number of methoxy groups -OCH3 is 1. The van der Waals surface area contributed by atoms with Gasteiger partial charge in [0.05, 0.1) is 42.3 Å². The standard InChI is InChI=1S/C20H21N5O3S/c1-27-13-2-3-15(21-11-13)18-10-14-17(29-18)4-9-28-20(14)5-7-25(8-6-20)19(26)16-12-22-24-23-16/h2-3,10-12H,4-9H2,1H3,(H,22,23,24). The van der Waals surface area contributed by atoms with Crippen LogP contribution in [0.3, 0.4) is 0 Å². The molecule has 1 spiro atoms. The number of nitrogens with zero attached hydrogens (tertiary/aromatic N) is 4. The number of carbonyl (C=O) groups is 1. The van der Waals surface area contributed by atoms with Crippen LogP contribution < -0.4 is 4.74 Å². The number of piperidine rings is 1. The maximum absolute atomic E-state index is 12.6. The molecule has 29 heavy (non-hydrogen) atoms. The molecule has 0 atom stereocenters. The van der Waals surface area contributed by atoms with E-state index in [1.807, 2.05) is 17.0 Å². The molecular formula is C20H21N5O3S. The third kappa shape index (κ3) is 3.20. The molecule has 0 aromatic carbocycles. The van der Waals surface area contributed by atoms with E-state index in [1.54, 1.807) is 24.6 Å². The predicted molar refractivity (Wildman–Crippen MR) is 107 cm³/mol. The fourth-order valence-corrected chi connectivity index (χ4v) is 5.35. The van der Waals surface area contributed by atoms with Crippen LogP contribution in [0.1, 0.15) is 33.8 Å². The minimum atomic E-state index is -0.324. The SMILES string of the molecule is COc1ccc(-c2cc3c(s2)CCOC32CCN(C(=O)c3cn[nH]n3)CC2)nc1. The van der Waals surface area contributed by atoms with Crippen LogP contribution in [0.4, 0.5) is 0 Å². The molecule has 0 radical (unpaired) electrons. The molecule has 1 fully saturated rings. The number of rotatable bonds is 3. The first-order chi connectivity index (χ1) is 14.2. The molecule has 150 valence electrons. The Kier molecular flexibility index (Phi) is 4.56. The molecule has 9 heteroatoms. The lowest BCUT2D eigenvalue weighted by atomic mass is 9.82. The number of fused-ring (bicyclic) bond motifs is 2. The average Bonchev–Trinajstić information content (AvgIpc) is 3.45. The van der Waals surface area contributed by atoms with Crippen molar-refractivity contribution in [2.24, 2.45) is 0 Å². The van der Waals surface area contributed by atoms with Crippen LogP contribution in [-0.4, -0.2) is 58.0 Å². The first-order valence-corrected chi connectivity index (χ1v) is 10.4. The van der Waals surface area contributed by atoms with Crippen LogP contribution in [0, 0.1) is 0 Å². The molecule has 5 rings (SSSR count). The molecule has 1 amide bonds. The monoisotopic (exact) mass is 411 g/mol. The minimum absolute atomic E-state index is 0.0851. The van der Waals surface area contributed by atoms with E-state index < -0.39 is 0 Å². The maximum Gasteiger partial charge on any atom is 0.276 e. The normalized spacial score (nSPS) is 17.9. The topological polar surface area (TPSA) is 93.2 Å². The summed E-state index contributed by atoms with van der Waals surface area (Å²) in [6.45, 7) is 1.98. The van der Waals surface area contributed by atoms with Crippen LogP contribution in [-0.2, 0) is 16.8 Å². The molecule has 3 aromatic heterocycles. The smallest absolute Gasteiger partial charge is 0.276 e. The van der Waals surface area contributed by atoms with Crippen molar-refractivity contribution in [3.63, 3.8) is 0 Å². The molecule has 1 saturated heterocycles. The second-order valence-electron chi connectivity index (χ2n) is 7.27. The van der Waals surface area contributed by atoms with Gasteiger partial charge in [-0.1, -0.05) is 0 Å². The highest BCUT2D eigenvalue weighted by Gasteiger charge is 2.43. The van der Waals surface area contributed by atoms with Crippen LogP contribution in [0.2, 0.25) is 0 Å². The van der Waals surface area contributed by atoms with E-state index in [1.165, 1.54) is 16.6 Å². The van der Waals surface area contributed by atoms with Gasteiger partial charge >= 0.3 is 0 Å². The van der Waals surface area contributed by atoms with E-state index in [9.17, 15) is 4.79 Å². The molecule has 3 aromatic rings. The Morgan fingerprint density at radius 3 is 2.86 bits per heavy atom. The van der Waals surface area contributed by atoms with Gasteiger partial charge in [0.2, 0.25) is 0 Å². The van der Waals surface area contributed by atoms with Crippen molar-refractivity contribution in [1.82, 2.24) is 25.3 Å². The van der Waals surface area contributed by atoms with E-state index >= 15 is 0 Å². The van der Waals surface area contributed by atoms with Crippen LogP contribution in [0.25, 0.3) is 10.6 Å². The van der Waals surface area contributed by atoms with E-state index in [4.69, 9.17) is 9.47 Å². The number of likely N-dealkylation sites (tertiary alicyclic amines) is 1. The number of hydrogen-bond acceptors (Lipinski definition) is 7. The minimum Gasteiger partial charge on any atom is -0.495 e. The predicted octanol–water partition coefficient (Wildman–Crippen LogP) is 2.64. The van der Waals surface area contributed by atoms with Crippen molar-refractivity contribution in [3.8, 4) is 16.3 Å². The molecule has 5 heterocycles. The van der Waals surface area contributed by atoms with Gasteiger partial charge in [0.1, 0.15) is 5.75 Å². The third-order valence-corrected chi connectivity index (χ3v) is 6.94. The van der Waals surface area contributed by atoms with E-state index in [0.29, 0.717) is 25.4 Å². The highest BCUT2D eigenvalue weighted by molar-refractivity contribution is 7.15. The van der Waals surface area contributed by atoms with Crippen LogP contribution in [0.15, 0.2) is 30.6 Å². The number of hydrogen-bond donors (Lipinski definition) is 1. The molecule has 2 aliphatic heterocycles. The molecular weight excluding hydrogens is 390 g/mol. The Labute approximate surface area is 171 Å². The summed E-state index contributed by atoms with van der Waals surface area (Å²) < 4.78 is 11.5. The van der Waals surface area contributed by atoms with Gasteiger partial charge in [0, 0.05) is 24.4 Å². The van der Waals surface area contributed by atoms with Crippen LogP contribution >= 0.6 is 11.3 Å². The zero-order valence-corrected chi connectivity index (χ0v) is 16.9. The maximum atomic E-state index is 12.6. The summed E-state index contributed by atoms with van der Waals surface area (Å²) in [5, 5.41) is 10.1. The van der Waals surface area contributed by atoms with Gasteiger partial charge in [-0.15, -0.1) is 11.3 Å². The summed E-state index contributed by atoms with van der Waals surface area (Å²) in [6.07, 6.45) is 5.67. The summed E-state index contributed by atoms with van der Waals surface area (Å²) in [4.78, 5) is 21.4. The van der Waals surface area contributed by atoms with Crippen molar-refractivity contribution in [2.75, 3.05) is 26.8 Å². The lowest BCUT2D eigenvalue weighted by Crippen LogP contribution is -2.48. The lowest BCUT2D eigenvalue weighted by molar-refractivity contribution is -0.0926. The van der Waals surface area contributed by atoms with Gasteiger partial charge in [-0.05, 0) is 36.6 Å². The highest BCUT2D eigenvalue weighted by Crippen LogP contribution is 2.46. The summed E-state index contributed by atoms with van der Waals surface area (Å²) in [7, 11) is 1.64. The van der Waals surface area contributed by atoms with Crippen molar-refractivity contribution in [2.45, 2.75) is 24.9 Å². The molecule has 0 unspecified atom stereocenters. The number of aromatic nitrogens is 4.